The summed E-state index contributed by atoms with van der Waals surface area (Å²) in [5, 5.41) is 0. The number of fused-ring (bicyclic) bond motifs is 1. The predicted octanol–water partition coefficient (Wildman–Crippen LogP) is 2.44. The molecule has 1 aromatic rings. The summed E-state index contributed by atoms with van der Waals surface area (Å²) in [6.07, 6.45) is 7.14. The van der Waals surface area contributed by atoms with E-state index < -0.39 is 10.0 Å². The molecule has 4 rings (SSSR count). The topological polar surface area (TPSA) is 70.0 Å². The first kappa shape index (κ1) is 17.5. The van der Waals surface area contributed by atoms with Gasteiger partial charge >= 0.3 is 0 Å². The Labute approximate surface area is 161 Å². The van der Waals surface area contributed by atoms with Gasteiger partial charge in [0.05, 0.1) is 11.3 Å². The number of hydrogen-bond acceptors (Lipinski definition) is 4. The maximum absolute atomic E-state index is 13.2. The minimum absolute atomic E-state index is 0.0350. The highest BCUT2D eigenvalue weighted by atomic mass is 79.9. The van der Waals surface area contributed by atoms with Crippen LogP contribution in [0.4, 0.5) is 0 Å². The number of amides is 1. The van der Waals surface area contributed by atoms with Crippen molar-refractivity contribution in [1.82, 2.24) is 9.80 Å². The maximum Gasteiger partial charge on any atom is 0.258 e. The van der Waals surface area contributed by atoms with E-state index in [1.807, 2.05) is 29.2 Å². The van der Waals surface area contributed by atoms with Gasteiger partial charge in [-0.05, 0) is 42.7 Å². The lowest BCUT2D eigenvalue weighted by Crippen LogP contribution is -2.44. The van der Waals surface area contributed by atoms with Gasteiger partial charge < -0.3 is 9.80 Å². The highest BCUT2D eigenvalue weighted by molar-refractivity contribution is 9.10. The number of nitrogens with zero attached hydrogens (tertiary/aromatic N) is 3. The molecule has 136 valence electrons. The number of carbonyl (C=O) groups excluding carboxylic acids is 1. The molecule has 1 saturated carbocycles. The van der Waals surface area contributed by atoms with Crippen LogP contribution in [0.25, 0.3) is 0 Å². The highest BCUT2D eigenvalue weighted by Gasteiger charge is 2.37. The Bertz CT molecular complexity index is 948. The van der Waals surface area contributed by atoms with Crippen LogP contribution in [0.2, 0.25) is 0 Å². The smallest absolute Gasteiger partial charge is 0.258 e. The van der Waals surface area contributed by atoms with Gasteiger partial charge in [-0.15, -0.1) is 4.40 Å². The Morgan fingerprint density at radius 2 is 2.15 bits per heavy atom. The van der Waals surface area contributed by atoms with E-state index in [1.54, 1.807) is 23.3 Å². The number of rotatable bonds is 4. The lowest BCUT2D eigenvalue weighted by atomic mass is 10.1. The molecule has 3 aliphatic rings. The van der Waals surface area contributed by atoms with Gasteiger partial charge in [-0.2, -0.15) is 0 Å². The zero-order chi connectivity index (χ0) is 18.3. The summed E-state index contributed by atoms with van der Waals surface area (Å²) >= 11 is 3.46. The van der Waals surface area contributed by atoms with Crippen LogP contribution in [-0.2, 0) is 21.4 Å². The average Bonchev–Trinajstić information content (AvgIpc) is 3.43. The van der Waals surface area contributed by atoms with Crippen LogP contribution >= 0.6 is 15.9 Å². The fourth-order valence-corrected chi connectivity index (χ4v) is 4.55. The minimum atomic E-state index is -3.52. The highest BCUT2D eigenvalue weighted by Crippen LogP contribution is 2.31. The number of carbonyl (C=O) groups is 1. The van der Waals surface area contributed by atoms with Gasteiger partial charge in [0.2, 0.25) is 0 Å². The molecule has 0 radical (unpaired) electrons. The fraction of sp³-hybridized carbons (Fsp3) is 0.333. The van der Waals surface area contributed by atoms with Crippen molar-refractivity contribution in [1.29, 1.82) is 0 Å². The molecule has 0 spiro atoms. The second-order valence-electron chi connectivity index (χ2n) is 6.61. The third kappa shape index (κ3) is 3.61. The first-order chi connectivity index (χ1) is 12.4. The van der Waals surface area contributed by atoms with E-state index in [-0.39, 0.29) is 23.5 Å². The summed E-state index contributed by atoms with van der Waals surface area (Å²) < 4.78 is 28.7. The van der Waals surface area contributed by atoms with E-state index >= 15 is 0 Å². The number of hydrogen-bond donors (Lipinski definition) is 0. The van der Waals surface area contributed by atoms with Gasteiger partial charge in [-0.3, -0.25) is 4.79 Å². The summed E-state index contributed by atoms with van der Waals surface area (Å²) in [4.78, 5) is 16.8. The van der Waals surface area contributed by atoms with E-state index in [0.717, 1.165) is 22.9 Å². The van der Waals surface area contributed by atoms with Crippen molar-refractivity contribution in [2.45, 2.75) is 25.4 Å². The second kappa shape index (κ2) is 6.66. The molecule has 2 heterocycles. The molecule has 0 unspecified atom stereocenters. The van der Waals surface area contributed by atoms with Crippen molar-refractivity contribution >= 4 is 37.7 Å². The number of benzene rings is 1. The normalized spacial score (nSPS) is 20.9. The van der Waals surface area contributed by atoms with Crippen LogP contribution in [-0.4, -0.2) is 48.3 Å². The molecule has 8 heteroatoms. The van der Waals surface area contributed by atoms with Crippen LogP contribution in [0.15, 0.2) is 57.1 Å². The molecule has 0 aromatic heterocycles. The van der Waals surface area contributed by atoms with Crippen LogP contribution in [0.5, 0.6) is 0 Å². The van der Waals surface area contributed by atoms with Crippen molar-refractivity contribution in [3.05, 3.63) is 58.2 Å². The first-order valence-corrected chi connectivity index (χ1v) is 10.9. The van der Waals surface area contributed by atoms with Gasteiger partial charge in [0.1, 0.15) is 0 Å². The number of allylic oxidation sites excluding steroid dienone is 2. The largest absolute Gasteiger partial charge is 0.331 e. The second-order valence-corrected chi connectivity index (χ2v) is 9.28. The molecule has 1 amide bonds. The number of amidine groups is 1. The van der Waals surface area contributed by atoms with Crippen molar-refractivity contribution in [2.75, 3.05) is 12.3 Å². The van der Waals surface area contributed by atoms with E-state index in [0.29, 0.717) is 18.7 Å². The van der Waals surface area contributed by atoms with E-state index in [4.69, 9.17) is 0 Å². The van der Waals surface area contributed by atoms with Gasteiger partial charge in [0, 0.05) is 29.8 Å². The Morgan fingerprint density at radius 3 is 2.88 bits per heavy atom. The molecule has 0 atom stereocenters. The van der Waals surface area contributed by atoms with Crippen LogP contribution in [0.1, 0.15) is 18.4 Å². The van der Waals surface area contributed by atoms with E-state index in [9.17, 15) is 13.2 Å². The number of sulfonamides is 1. The van der Waals surface area contributed by atoms with Gasteiger partial charge in [0.15, 0.2) is 5.84 Å². The molecule has 0 saturated heterocycles. The summed E-state index contributed by atoms with van der Waals surface area (Å²) in [7, 11) is -3.52. The summed E-state index contributed by atoms with van der Waals surface area (Å²) in [6, 6.07) is 8.06. The van der Waals surface area contributed by atoms with Gasteiger partial charge in [0.25, 0.3) is 15.9 Å². The fourth-order valence-electron chi connectivity index (χ4n) is 3.12. The summed E-state index contributed by atoms with van der Waals surface area (Å²) in [5.41, 5.74) is 1.37. The molecule has 6 nitrogen and oxygen atoms in total. The Kier molecular flexibility index (Phi) is 4.48. The van der Waals surface area contributed by atoms with Crippen molar-refractivity contribution in [2.24, 2.45) is 4.40 Å². The molecule has 2 aliphatic heterocycles. The summed E-state index contributed by atoms with van der Waals surface area (Å²) in [6.45, 7) is 0.807. The van der Waals surface area contributed by atoms with Crippen LogP contribution < -0.4 is 0 Å². The van der Waals surface area contributed by atoms with Crippen LogP contribution in [0, 0.1) is 0 Å². The average molecular weight is 436 g/mol. The number of halogens is 1. The Hall–Kier alpha value is -1.93. The monoisotopic (exact) mass is 435 g/mol. The third-order valence-electron chi connectivity index (χ3n) is 4.58. The maximum atomic E-state index is 13.2. The lowest BCUT2D eigenvalue weighted by molar-refractivity contribution is -0.127. The van der Waals surface area contributed by atoms with E-state index in [1.165, 1.54) is 0 Å². The first-order valence-electron chi connectivity index (χ1n) is 8.46. The Morgan fingerprint density at radius 1 is 1.35 bits per heavy atom. The standard InChI is InChI=1S/C18H18BrN3O3S/c19-14-4-1-3-13(11-14)12-22(15-6-7-15)18(23)16-5-2-8-21-9-10-26(24,25)20-17(16)21/h1-5,8,11,15H,6-7,9-10,12H2. The molecule has 1 aliphatic carbocycles. The van der Waals surface area contributed by atoms with Crippen molar-refractivity contribution in [3.63, 3.8) is 0 Å². The van der Waals surface area contributed by atoms with Crippen molar-refractivity contribution in [3.8, 4) is 0 Å². The van der Waals surface area contributed by atoms with E-state index in [2.05, 4.69) is 20.3 Å². The SMILES string of the molecule is O=C(C1=CC=CN2CCS(=O)(=O)N=C12)N(Cc1cccc(Br)c1)C1CC1. The molecular weight excluding hydrogens is 418 g/mol. The van der Waals surface area contributed by atoms with Crippen molar-refractivity contribution < 1.29 is 13.2 Å². The summed E-state index contributed by atoms with van der Waals surface area (Å²) in [5.74, 6) is 0.0356. The zero-order valence-corrected chi connectivity index (χ0v) is 16.4. The molecule has 1 fully saturated rings. The van der Waals surface area contributed by atoms with Gasteiger partial charge in [-0.25, -0.2) is 8.42 Å². The molecule has 0 N–H and O–H groups in total. The van der Waals surface area contributed by atoms with Crippen LogP contribution in [0.3, 0.4) is 0 Å². The molecule has 1 aromatic carbocycles. The minimum Gasteiger partial charge on any atom is -0.331 e. The lowest BCUT2D eigenvalue weighted by Gasteiger charge is -2.31. The Balaban J connectivity index is 1.64. The quantitative estimate of drug-likeness (QED) is 0.727. The molecular formula is C18H18BrN3O3S. The molecule has 26 heavy (non-hydrogen) atoms. The zero-order valence-electron chi connectivity index (χ0n) is 14.0. The third-order valence-corrected chi connectivity index (χ3v) is 6.22. The van der Waals surface area contributed by atoms with Gasteiger partial charge in [-0.1, -0.05) is 28.1 Å². The predicted molar refractivity (Wildman–Crippen MR) is 103 cm³/mol. The molecule has 0 bridgehead atoms.